The van der Waals surface area contributed by atoms with Crippen molar-refractivity contribution in [2.45, 2.75) is 59.0 Å². The molecule has 0 aliphatic carbocycles. The van der Waals surface area contributed by atoms with E-state index in [1.807, 2.05) is 26.8 Å². The molecule has 10 nitrogen and oxygen atoms in total. The lowest BCUT2D eigenvalue weighted by Gasteiger charge is -2.40. The van der Waals surface area contributed by atoms with Crippen molar-refractivity contribution in [1.82, 2.24) is 20.1 Å². The summed E-state index contributed by atoms with van der Waals surface area (Å²) in [4.78, 5) is 54.0. The van der Waals surface area contributed by atoms with Gasteiger partial charge in [-0.1, -0.05) is 30.3 Å². The van der Waals surface area contributed by atoms with Gasteiger partial charge in [0.15, 0.2) is 0 Å². The second-order valence-corrected chi connectivity index (χ2v) is 11.1. The molecule has 2 heterocycles. The number of nitroso groups, excluding NO2 is 1. The van der Waals surface area contributed by atoms with Gasteiger partial charge in [-0.3, -0.25) is 9.59 Å². The van der Waals surface area contributed by atoms with Crippen molar-refractivity contribution in [3.05, 3.63) is 86.4 Å². The quantitative estimate of drug-likeness (QED) is 0.0692. The van der Waals surface area contributed by atoms with Gasteiger partial charge in [0.1, 0.15) is 5.15 Å². The Labute approximate surface area is 264 Å². The van der Waals surface area contributed by atoms with Gasteiger partial charge in [-0.05, 0) is 93.3 Å². The van der Waals surface area contributed by atoms with Gasteiger partial charge >= 0.3 is 11.9 Å². The number of likely N-dealkylation sites (tertiary alicyclic amines) is 1. The molecule has 2 aromatic rings. The summed E-state index contributed by atoms with van der Waals surface area (Å²) < 4.78 is 0. The predicted octanol–water partition coefficient (Wildman–Crippen LogP) is 6.08. The molecule has 1 atom stereocenters. The zero-order chi connectivity index (χ0) is 31.9. The Hall–Kier alpha value is -3.54. The van der Waals surface area contributed by atoms with Gasteiger partial charge in [0.05, 0.1) is 0 Å². The van der Waals surface area contributed by atoms with Crippen LogP contribution in [0, 0.1) is 25.7 Å². The Morgan fingerprint density at radius 2 is 1.95 bits per heavy atom. The highest BCUT2D eigenvalue weighted by atomic mass is 35.5. The van der Waals surface area contributed by atoms with E-state index in [0.717, 1.165) is 43.6 Å². The number of rotatable bonds is 11. The van der Waals surface area contributed by atoms with E-state index >= 15 is 0 Å². The molecule has 1 aromatic heterocycles. The lowest BCUT2D eigenvalue weighted by atomic mass is 10.0. The third-order valence-corrected chi connectivity index (χ3v) is 7.83. The van der Waals surface area contributed by atoms with E-state index in [4.69, 9.17) is 11.6 Å². The third-order valence-electron chi connectivity index (χ3n) is 7.49. The van der Waals surface area contributed by atoms with Crippen LogP contribution in [0.15, 0.2) is 59.1 Å². The molecule has 1 unspecified atom stereocenters. The van der Waals surface area contributed by atoms with Crippen LogP contribution in [0.5, 0.6) is 0 Å². The monoisotopic (exact) mass is 628 g/mol. The fourth-order valence-electron chi connectivity index (χ4n) is 4.74. The molecule has 232 valence electrons. The topological polar surface area (TPSA) is 124 Å². The number of carbonyl (C=O) groups excluding carboxylic acids is 3. The summed E-state index contributed by atoms with van der Waals surface area (Å²) >= 11 is 9.80. The molecular weight excluding hydrogens is 588 g/mol. The highest BCUT2D eigenvalue weighted by molar-refractivity contribution is 7.83. The maximum Gasteiger partial charge on any atom is 0.322 e. The summed E-state index contributed by atoms with van der Waals surface area (Å²) in [5.74, 6) is -0.889. The van der Waals surface area contributed by atoms with Gasteiger partial charge in [0.25, 0.3) is 0 Å². The van der Waals surface area contributed by atoms with Crippen LogP contribution in [0.4, 0.5) is 10.5 Å². The number of hydrogen-bond acceptors (Lipinski definition) is 7. The second-order valence-electron chi connectivity index (χ2n) is 10.5. The number of amides is 4. The largest absolute Gasteiger partial charge is 0.359 e. The predicted molar refractivity (Wildman–Crippen MR) is 176 cm³/mol. The zero-order valence-corrected chi connectivity index (χ0v) is 26.8. The summed E-state index contributed by atoms with van der Waals surface area (Å²) in [6.45, 7) is 14.8. The minimum atomic E-state index is -0.889. The first-order valence-corrected chi connectivity index (χ1v) is 14.9. The Kier molecular flexibility index (Phi) is 15.1. The SMILES string of the molecule is C=C(/C=C\S)CN(C(=O)Nc1cccc(C(=O)N=O)c1)C1CCN(C(C)CCNC=O)CC1.Cc1cc(Cl)nc(C)c1C. The highest BCUT2D eigenvalue weighted by Gasteiger charge is 2.29. The molecule has 43 heavy (non-hydrogen) atoms. The van der Waals surface area contributed by atoms with Gasteiger partial charge in [0.2, 0.25) is 6.41 Å². The molecule has 3 rings (SSSR count). The van der Waals surface area contributed by atoms with Gasteiger partial charge < -0.3 is 20.4 Å². The van der Waals surface area contributed by atoms with E-state index in [1.54, 1.807) is 28.5 Å². The van der Waals surface area contributed by atoms with Gasteiger partial charge in [-0.25, -0.2) is 9.78 Å². The number of piperidine rings is 1. The Balaban J connectivity index is 0.000000543. The van der Waals surface area contributed by atoms with Crippen molar-refractivity contribution < 1.29 is 14.4 Å². The van der Waals surface area contributed by atoms with E-state index in [-0.39, 0.29) is 17.6 Å². The van der Waals surface area contributed by atoms with Crippen LogP contribution in [0.3, 0.4) is 0 Å². The molecule has 0 saturated carbocycles. The molecule has 1 aromatic carbocycles. The van der Waals surface area contributed by atoms with Crippen molar-refractivity contribution in [2.24, 2.45) is 5.18 Å². The summed E-state index contributed by atoms with van der Waals surface area (Å²) in [5.41, 5.74) is 4.71. The minimum absolute atomic E-state index is 0.00748. The van der Waals surface area contributed by atoms with Crippen LogP contribution < -0.4 is 10.6 Å². The number of aryl methyl sites for hydroxylation is 2. The molecule has 1 saturated heterocycles. The van der Waals surface area contributed by atoms with E-state index < -0.39 is 5.91 Å². The van der Waals surface area contributed by atoms with Crippen LogP contribution in [0.1, 0.15) is 53.4 Å². The molecule has 12 heteroatoms. The number of anilines is 1. The summed E-state index contributed by atoms with van der Waals surface area (Å²) in [5, 5.41) is 10.1. The molecule has 0 radical (unpaired) electrons. The van der Waals surface area contributed by atoms with Crippen LogP contribution in [-0.4, -0.2) is 71.4 Å². The summed E-state index contributed by atoms with van der Waals surface area (Å²) in [7, 11) is 0. The van der Waals surface area contributed by atoms with Crippen LogP contribution >= 0.6 is 24.2 Å². The van der Waals surface area contributed by atoms with Gasteiger partial charge in [-0.2, -0.15) is 12.6 Å². The molecule has 1 aliphatic heterocycles. The number of urea groups is 1. The average Bonchev–Trinajstić information content (AvgIpc) is 2.99. The number of nitrogens with zero attached hydrogens (tertiary/aromatic N) is 4. The van der Waals surface area contributed by atoms with Crippen molar-refractivity contribution in [3.63, 3.8) is 0 Å². The molecule has 1 aliphatic rings. The van der Waals surface area contributed by atoms with E-state index in [1.165, 1.54) is 23.3 Å². The normalized spacial score (nSPS) is 14.3. The highest BCUT2D eigenvalue weighted by Crippen LogP contribution is 2.22. The molecule has 2 N–H and O–H groups in total. The first-order chi connectivity index (χ1) is 20.5. The van der Waals surface area contributed by atoms with E-state index in [9.17, 15) is 19.3 Å². The number of hydrogen-bond donors (Lipinski definition) is 3. The molecule has 1 fully saturated rings. The Morgan fingerprint density at radius 3 is 2.56 bits per heavy atom. The van der Waals surface area contributed by atoms with E-state index in [0.29, 0.717) is 36.4 Å². The zero-order valence-electron chi connectivity index (χ0n) is 25.2. The van der Waals surface area contributed by atoms with Crippen molar-refractivity contribution in [3.8, 4) is 0 Å². The average molecular weight is 629 g/mol. The molecule has 0 bridgehead atoms. The maximum atomic E-state index is 13.2. The standard InChI is InChI=1S/C23H31N5O4S.C8H10ClN/c1-17(9-13-33)15-28(21-7-11-27(12-8-21)18(2)6-10-24-16-29)23(31)25-20-5-3-4-19(14-20)22(30)26-32;1-5-4-8(9)10-7(3)6(5)2/h3-5,9,13-14,16,18,21,33H,1,6-8,10-12,15H2,2H3,(H,24,29)(H,25,31);4H,1-3H3/b13-9-;. The fourth-order valence-corrected chi connectivity index (χ4v) is 5.24. The van der Waals surface area contributed by atoms with Crippen LogP contribution in [-0.2, 0) is 4.79 Å². The van der Waals surface area contributed by atoms with Gasteiger partial charge in [-0.15, -0.1) is 4.91 Å². The number of carbonyl (C=O) groups is 3. The lowest BCUT2D eigenvalue weighted by Crippen LogP contribution is -2.51. The Morgan fingerprint density at radius 1 is 1.26 bits per heavy atom. The van der Waals surface area contributed by atoms with Gasteiger partial charge in [0, 0.05) is 60.4 Å². The number of pyridine rings is 1. The van der Waals surface area contributed by atoms with Crippen molar-refractivity contribution >= 4 is 48.3 Å². The number of halogens is 1. The smallest absolute Gasteiger partial charge is 0.322 e. The number of thiol groups is 1. The number of benzene rings is 1. The number of nitrogens with one attached hydrogen (secondary N) is 2. The van der Waals surface area contributed by atoms with Crippen LogP contribution in [0.2, 0.25) is 5.15 Å². The summed E-state index contributed by atoms with van der Waals surface area (Å²) in [6.07, 6.45) is 4.91. The minimum Gasteiger partial charge on any atom is -0.359 e. The summed E-state index contributed by atoms with van der Waals surface area (Å²) in [6, 6.07) is 8.04. The van der Waals surface area contributed by atoms with E-state index in [2.05, 4.69) is 51.8 Å². The first-order valence-electron chi connectivity index (χ1n) is 14.1. The van der Waals surface area contributed by atoms with Crippen LogP contribution in [0.25, 0.3) is 0 Å². The Bertz CT molecular complexity index is 1290. The second kappa shape index (κ2) is 18.2. The van der Waals surface area contributed by atoms with Crippen molar-refractivity contribution in [1.29, 1.82) is 0 Å². The molecule has 0 spiro atoms. The number of aromatic nitrogens is 1. The van der Waals surface area contributed by atoms with Crippen molar-refractivity contribution in [2.75, 3.05) is 31.5 Å². The lowest BCUT2D eigenvalue weighted by molar-refractivity contribution is -0.109. The molecule has 4 amide bonds. The maximum absolute atomic E-state index is 13.2. The fraction of sp³-hybridized carbons (Fsp3) is 0.419. The molecular formula is C31H41ClN6O4S. The first kappa shape index (κ1) is 35.7. The third kappa shape index (κ3) is 11.6.